The summed E-state index contributed by atoms with van der Waals surface area (Å²) in [7, 11) is -4.02. The van der Waals surface area contributed by atoms with Crippen LogP contribution in [0.1, 0.15) is 47.6 Å². The van der Waals surface area contributed by atoms with E-state index in [0.717, 1.165) is 23.2 Å². The Bertz CT molecular complexity index is 1770. The van der Waals surface area contributed by atoms with Gasteiger partial charge in [0.2, 0.25) is 0 Å². The Balaban J connectivity index is 1.21. The van der Waals surface area contributed by atoms with Crippen LogP contribution in [0.5, 0.6) is 11.5 Å². The minimum atomic E-state index is -4.02. The summed E-state index contributed by atoms with van der Waals surface area (Å²) in [6.45, 7) is 4.10. The third-order valence-electron chi connectivity index (χ3n) is 7.72. The standard InChI is InChI=1S/C34H31IN2O4S/c1-3-40-32-20-23(19-30(35)34(32)41-42(38,39)26-17-11-22(2)12-18-26)21-36-25-15-13-24(14-16-25)33-29-9-6-8-27(29)28-7-4-5-10-31(28)37-33/h4-8,10-21,27,29,33,37H,3,9H2,1-2H3/t27-,29-,33-/m0/s1. The number of nitrogens with one attached hydrogen (secondary N) is 1. The highest BCUT2D eigenvalue weighted by atomic mass is 127. The fraction of sp³-hybridized carbons (Fsp3) is 0.206. The number of anilines is 1. The van der Waals surface area contributed by atoms with Gasteiger partial charge in [0.25, 0.3) is 0 Å². The van der Waals surface area contributed by atoms with Crippen molar-refractivity contribution in [2.75, 3.05) is 11.9 Å². The van der Waals surface area contributed by atoms with E-state index in [-0.39, 0.29) is 16.7 Å². The largest absolute Gasteiger partial charge is 0.490 e. The van der Waals surface area contributed by atoms with Crippen molar-refractivity contribution in [3.63, 3.8) is 0 Å². The summed E-state index contributed by atoms with van der Waals surface area (Å²) in [6, 6.07) is 27.3. The quantitative estimate of drug-likeness (QED) is 0.0871. The van der Waals surface area contributed by atoms with Crippen molar-refractivity contribution >= 4 is 50.3 Å². The van der Waals surface area contributed by atoms with Crippen LogP contribution in [0, 0.1) is 16.4 Å². The van der Waals surface area contributed by atoms with Crippen LogP contribution in [0.2, 0.25) is 0 Å². The van der Waals surface area contributed by atoms with Crippen molar-refractivity contribution in [2.45, 2.75) is 37.1 Å². The van der Waals surface area contributed by atoms with Crippen molar-refractivity contribution in [3.05, 3.63) is 123 Å². The first-order valence-electron chi connectivity index (χ1n) is 14.0. The van der Waals surface area contributed by atoms with E-state index in [1.54, 1.807) is 24.4 Å². The molecule has 0 bridgehead atoms. The smallest absolute Gasteiger partial charge is 0.339 e. The average Bonchev–Trinajstić information content (AvgIpc) is 3.49. The second-order valence-electron chi connectivity index (χ2n) is 10.5. The van der Waals surface area contributed by atoms with Gasteiger partial charge in [0.1, 0.15) is 4.90 Å². The average molecular weight is 691 g/mol. The lowest BCUT2D eigenvalue weighted by Gasteiger charge is -2.37. The highest BCUT2D eigenvalue weighted by Crippen LogP contribution is 2.49. The Labute approximate surface area is 260 Å². The van der Waals surface area contributed by atoms with Gasteiger partial charge in [-0.25, -0.2) is 0 Å². The Morgan fingerprint density at radius 1 is 1.02 bits per heavy atom. The van der Waals surface area contributed by atoms with E-state index < -0.39 is 10.1 Å². The summed E-state index contributed by atoms with van der Waals surface area (Å²) in [4.78, 5) is 4.78. The number of para-hydroxylation sites is 1. The molecule has 0 amide bonds. The number of nitrogens with zero attached hydrogens (tertiary/aromatic N) is 1. The zero-order chi connectivity index (χ0) is 29.3. The van der Waals surface area contributed by atoms with Crippen molar-refractivity contribution in [2.24, 2.45) is 10.9 Å². The lowest BCUT2D eigenvalue weighted by atomic mass is 9.77. The normalized spacial score (nSPS) is 19.3. The van der Waals surface area contributed by atoms with Crippen molar-refractivity contribution < 1.29 is 17.3 Å². The summed E-state index contributed by atoms with van der Waals surface area (Å²) < 4.78 is 37.9. The highest BCUT2D eigenvalue weighted by molar-refractivity contribution is 14.1. The van der Waals surface area contributed by atoms with E-state index in [9.17, 15) is 8.42 Å². The van der Waals surface area contributed by atoms with Gasteiger partial charge in [-0.05, 0) is 108 Å². The molecule has 1 heterocycles. The molecule has 6 rings (SSSR count). The first-order chi connectivity index (χ1) is 20.3. The molecular weight excluding hydrogens is 659 g/mol. The topological polar surface area (TPSA) is 77.0 Å². The molecule has 1 aliphatic carbocycles. The number of benzene rings is 4. The molecule has 214 valence electrons. The SMILES string of the molecule is CCOc1cc(C=Nc2ccc([C@@H]3Nc4ccccc4[C@@H]4C=CC[C@@H]43)cc2)cc(I)c1OS(=O)(=O)c1ccc(C)cc1. The molecule has 42 heavy (non-hydrogen) atoms. The summed E-state index contributed by atoms with van der Waals surface area (Å²) in [5.41, 5.74) is 6.39. The minimum absolute atomic E-state index is 0.0905. The van der Waals surface area contributed by atoms with E-state index in [4.69, 9.17) is 13.9 Å². The highest BCUT2D eigenvalue weighted by Gasteiger charge is 2.37. The predicted molar refractivity (Wildman–Crippen MR) is 176 cm³/mol. The molecule has 0 spiro atoms. The van der Waals surface area contributed by atoms with Crippen molar-refractivity contribution in [3.8, 4) is 11.5 Å². The molecule has 0 saturated heterocycles. The summed E-state index contributed by atoms with van der Waals surface area (Å²) in [6.07, 6.45) is 7.46. The van der Waals surface area contributed by atoms with Crippen LogP contribution >= 0.6 is 22.6 Å². The van der Waals surface area contributed by atoms with Gasteiger partial charge < -0.3 is 14.2 Å². The molecule has 0 unspecified atom stereocenters. The van der Waals surface area contributed by atoms with Crippen LogP contribution in [-0.2, 0) is 10.1 Å². The fourth-order valence-corrected chi connectivity index (χ4v) is 7.50. The molecule has 1 N–H and O–H groups in total. The molecular formula is C34H31IN2O4S. The van der Waals surface area contributed by atoms with E-state index in [1.807, 2.05) is 32.0 Å². The van der Waals surface area contributed by atoms with Gasteiger partial charge in [-0.1, -0.05) is 60.2 Å². The number of aryl methyl sites for hydroxylation is 1. The first-order valence-corrected chi connectivity index (χ1v) is 16.4. The number of halogens is 1. The second kappa shape index (κ2) is 11.9. The van der Waals surface area contributed by atoms with Crippen LogP contribution in [0.15, 0.2) is 107 Å². The van der Waals surface area contributed by atoms with Gasteiger partial charge in [0.15, 0.2) is 11.5 Å². The van der Waals surface area contributed by atoms with Gasteiger partial charge in [-0.3, -0.25) is 4.99 Å². The van der Waals surface area contributed by atoms with Crippen LogP contribution in [0.4, 0.5) is 11.4 Å². The molecule has 4 aromatic rings. The maximum absolute atomic E-state index is 13.0. The molecule has 0 aromatic heterocycles. The first kappa shape index (κ1) is 28.5. The maximum Gasteiger partial charge on any atom is 0.339 e. The van der Waals surface area contributed by atoms with Gasteiger partial charge in [-0.15, -0.1) is 0 Å². The molecule has 4 aromatic carbocycles. The Morgan fingerprint density at radius 2 is 1.79 bits per heavy atom. The molecule has 2 aliphatic rings. The Kier molecular flexibility index (Phi) is 8.09. The predicted octanol–water partition coefficient (Wildman–Crippen LogP) is 8.34. The summed E-state index contributed by atoms with van der Waals surface area (Å²) >= 11 is 2.07. The number of allylic oxidation sites excluding steroid dienone is 2. The Hall–Kier alpha value is -3.63. The van der Waals surface area contributed by atoms with Gasteiger partial charge in [0, 0.05) is 17.8 Å². The summed E-state index contributed by atoms with van der Waals surface area (Å²) in [5, 5.41) is 3.77. The number of ether oxygens (including phenoxy) is 1. The maximum atomic E-state index is 13.0. The lowest BCUT2D eigenvalue weighted by molar-refractivity contribution is 0.327. The van der Waals surface area contributed by atoms with Crippen LogP contribution in [0.25, 0.3) is 0 Å². The van der Waals surface area contributed by atoms with E-state index >= 15 is 0 Å². The number of rotatable bonds is 8. The van der Waals surface area contributed by atoms with Crippen LogP contribution < -0.4 is 14.2 Å². The molecule has 1 aliphatic heterocycles. The van der Waals surface area contributed by atoms with E-state index in [1.165, 1.54) is 28.9 Å². The molecule has 0 fully saturated rings. The Morgan fingerprint density at radius 3 is 2.55 bits per heavy atom. The number of hydrogen-bond acceptors (Lipinski definition) is 6. The van der Waals surface area contributed by atoms with Crippen LogP contribution in [-0.4, -0.2) is 21.2 Å². The van der Waals surface area contributed by atoms with Gasteiger partial charge in [-0.2, -0.15) is 8.42 Å². The molecule has 0 radical (unpaired) electrons. The summed E-state index contributed by atoms with van der Waals surface area (Å²) in [5.74, 6) is 1.44. The van der Waals surface area contributed by atoms with Crippen molar-refractivity contribution in [1.29, 1.82) is 0 Å². The molecule has 3 atom stereocenters. The zero-order valence-electron chi connectivity index (χ0n) is 23.3. The lowest BCUT2D eigenvalue weighted by Crippen LogP contribution is -2.28. The molecule has 6 nitrogen and oxygen atoms in total. The second-order valence-corrected chi connectivity index (χ2v) is 13.2. The van der Waals surface area contributed by atoms with E-state index in [0.29, 0.717) is 27.8 Å². The molecule has 8 heteroatoms. The number of aliphatic imine (C=N–C) groups is 1. The van der Waals surface area contributed by atoms with Crippen molar-refractivity contribution in [1.82, 2.24) is 0 Å². The minimum Gasteiger partial charge on any atom is -0.490 e. The van der Waals surface area contributed by atoms with E-state index in [2.05, 4.69) is 76.5 Å². The zero-order valence-corrected chi connectivity index (χ0v) is 26.3. The van der Waals surface area contributed by atoms with Gasteiger partial charge in [0.05, 0.1) is 21.9 Å². The number of hydrogen-bond donors (Lipinski definition) is 1. The monoisotopic (exact) mass is 690 g/mol. The van der Waals surface area contributed by atoms with Gasteiger partial charge >= 0.3 is 10.1 Å². The van der Waals surface area contributed by atoms with Crippen LogP contribution in [0.3, 0.4) is 0 Å². The number of fused-ring (bicyclic) bond motifs is 3. The fourth-order valence-electron chi connectivity index (χ4n) is 5.66. The third-order valence-corrected chi connectivity index (χ3v) is 9.76. The third kappa shape index (κ3) is 5.83. The molecule has 0 saturated carbocycles.